The third-order valence-corrected chi connectivity index (χ3v) is 3.78. The van der Waals surface area contributed by atoms with Crippen LogP contribution in [0.2, 0.25) is 0 Å². The first kappa shape index (κ1) is 16.6. The summed E-state index contributed by atoms with van der Waals surface area (Å²) >= 11 is 0. The van der Waals surface area contributed by atoms with Crippen molar-refractivity contribution in [3.63, 3.8) is 0 Å². The maximum Gasteiger partial charge on any atom is 0.573 e. The summed E-state index contributed by atoms with van der Waals surface area (Å²) in [6.45, 7) is 0.280. The number of rotatable bonds is 6. The molecule has 128 valence electrons. The fourth-order valence-electron chi connectivity index (χ4n) is 2.35. The van der Waals surface area contributed by atoms with Crippen LogP contribution in [0.4, 0.5) is 13.2 Å². The topological polar surface area (TPSA) is 38.7 Å². The van der Waals surface area contributed by atoms with Crippen molar-refractivity contribution in [2.45, 2.75) is 25.8 Å². The molecule has 0 radical (unpaired) electrons. The Balaban J connectivity index is 1.90. The molecule has 0 aromatic heterocycles. The highest BCUT2D eigenvalue weighted by molar-refractivity contribution is 5.67. The number of halogens is 3. The van der Waals surface area contributed by atoms with Crippen LogP contribution >= 0.6 is 0 Å². The number of alkyl halides is 3. The smallest absolute Gasteiger partial charge is 0.489 e. The Bertz CT molecular complexity index is 709. The molecule has 0 atom stereocenters. The Hall–Kier alpha value is -2.21. The molecule has 0 heterocycles. The van der Waals surface area contributed by atoms with Gasteiger partial charge in [-0.2, -0.15) is 0 Å². The summed E-state index contributed by atoms with van der Waals surface area (Å²) in [7, 11) is 0. The van der Waals surface area contributed by atoms with Crippen LogP contribution < -0.4 is 9.47 Å². The van der Waals surface area contributed by atoms with Crippen LogP contribution in [0.1, 0.15) is 18.4 Å². The standard InChI is InChI=1S/C18H17F3O3/c19-18(20,21)24-16-7-6-15(9-17(16)23-11-12-4-5-12)14-3-1-2-13(8-14)10-22/h1-3,6-9,12,22H,4-5,10-11H2. The molecule has 0 spiro atoms. The Kier molecular flexibility index (Phi) is 4.66. The number of benzene rings is 2. The van der Waals surface area contributed by atoms with E-state index in [0.717, 1.165) is 24.0 Å². The van der Waals surface area contributed by atoms with E-state index in [4.69, 9.17) is 4.74 Å². The molecule has 1 saturated carbocycles. The zero-order valence-corrected chi connectivity index (χ0v) is 12.8. The molecular weight excluding hydrogens is 321 g/mol. The van der Waals surface area contributed by atoms with Gasteiger partial charge >= 0.3 is 6.36 Å². The van der Waals surface area contributed by atoms with Gasteiger partial charge in [0.15, 0.2) is 11.5 Å². The Morgan fingerprint density at radius 2 is 1.75 bits per heavy atom. The second-order valence-electron chi connectivity index (χ2n) is 5.82. The summed E-state index contributed by atoms with van der Waals surface area (Å²) < 4.78 is 47.3. The summed E-state index contributed by atoms with van der Waals surface area (Å²) in [5.41, 5.74) is 2.21. The molecule has 1 fully saturated rings. The van der Waals surface area contributed by atoms with E-state index in [-0.39, 0.29) is 18.1 Å². The van der Waals surface area contributed by atoms with E-state index in [1.165, 1.54) is 6.07 Å². The van der Waals surface area contributed by atoms with Gasteiger partial charge < -0.3 is 14.6 Å². The van der Waals surface area contributed by atoms with Gasteiger partial charge in [-0.3, -0.25) is 0 Å². The minimum Gasteiger partial charge on any atom is -0.489 e. The molecule has 1 aliphatic carbocycles. The van der Waals surface area contributed by atoms with E-state index in [9.17, 15) is 18.3 Å². The molecule has 6 heteroatoms. The SMILES string of the molecule is OCc1cccc(-c2ccc(OC(F)(F)F)c(OCC3CC3)c2)c1. The van der Waals surface area contributed by atoms with E-state index in [0.29, 0.717) is 18.1 Å². The van der Waals surface area contributed by atoms with Crippen LogP contribution in [0.5, 0.6) is 11.5 Å². The van der Waals surface area contributed by atoms with Crippen LogP contribution in [0.25, 0.3) is 11.1 Å². The van der Waals surface area contributed by atoms with Gasteiger partial charge in [-0.05, 0) is 53.6 Å². The molecule has 2 aromatic rings. The molecule has 3 nitrogen and oxygen atoms in total. The predicted octanol–water partition coefficient (Wildman–Crippen LogP) is 4.53. The molecule has 1 N–H and O–H groups in total. The van der Waals surface area contributed by atoms with E-state index in [1.54, 1.807) is 30.3 Å². The van der Waals surface area contributed by atoms with Crippen LogP contribution in [0.15, 0.2) is 42.5 Å². The normalized spacial score (nSPS) is 14.5. The Morgan fingerprint density at radius 1 is 1.00 bits per heavy atom. The summed E-state index contributed by atoms with van der Waals surface area (Å²) in [6.07, 6.45) is -2.70. The summed E-state index contributed by atoms with van der Waals surface area (Å²) in [5.74, 6) is 0.140. The lowest BCUT2D eigenvalue weighted by Crippen LogP contribution is -2.18. The minimum atomic E-state index is -4.77. The number of aliphatic hydroxyl groups excluding tert-OH is 1. The zero-order valence-electron chi connectivity index (χ0n) is 12.8. The van der Waals surface area contributed by atoms with E-state index >= 15 is 0 Å². The third-order valence-electron chi connectivity index (χ3n) is 3.78. The van der Waals surface area contributed by atoms with E-state index in [2.05, 4.69) is 4.74 Å². The minimum absolute atomic E-state index is 0.0751. The highest BCUT2D eigenvalue weighted by Gasteiger charge is 2.33. The second-order valence-corrected chi connectivity index (χ2v) is 5.82. The van der Waals surface area contributed by atoms with E-state index in [1.807, 2.05) is 6.07 Å². The van der Waals surface area contributed by atoms with Crippen LogP contribution in [-0.2, 0) is 6.61 Å². The highest BCUT2D eigenvalue weighted by Crippen LogP contribution is 2.38. The van der Waals surface area contributed by atoms with Crippen molar-refractivity contribution in [2.24, 2.45) is 5.92 Å². The molecule has 0 bridgehead atoms. The average molecular weight is 338 g/mol. The molecule has 0 unspecified atom stereocenters. The van der Waals surface area contributed by atoms with Crippen molar-refractivity contribution in [3.8, 4) is 22.6 Å². The molecular formula is C18H17F3O3. The van der Waals surface area contributed by atoms with Gasteiger partial charge in [0, 0.05) is 0 Å². The lowest BCUT2D eigenvalue weighted by atomic mass is 10.0. The number of ether oxygens (including phenoxy) is 2. The first-order chi connectivity index (χ1) is 11.4. The quantitative estimate of drug-likeness (QED) is 0.841. The van der Waals surface area contributed by atoms with Crippen molar-refractivity contribution < 1.29 is 27.8 Å². The molecule has 0 aliphatic heterocycles. The second kappa shape index (κ2) is 6.73. The van der Waals surface area contributed by atoms with E-state index < -0.39 is 6.36 Å². The number of hydrogen-bond acceptors (Lipinski definition) is 3. The highest BCUT2D eigenvalue weighted by atomic mass is 19.4. The fourth-order valence-corrected chi connectivity index (χ4v) is 2.35. The van der Waals surface area contributed by atoms with Gasteiger partial charge in [0.2, 0.25) is 0 Å². The third kappa shape index (κ3) is 4.41. The Labute approximate surface area is 137 Å². The summed E-state index contributed by atoms with van der Waals surface area (Å²) in [4.78, 5) is 0. The van der Waals surface area contributed by atoms with Gasteiger partial charge in [-0.25, -0.2) is 0 Å². The van der Waals surface area contributed by atoms with Crippen molar-refractivity contribution in [1.82, 2.24) is 0 Å². The maximum atomic E-state index is 12.5. The number of hydrogen-bond donors (Lipinski definition) is 1. The maximum absolute atomic E-state index is 12.5. The molecule has 2 aromatic carbocycles. The zero-order chi connectivity index (χ0) is 17.2. The van der Waals surface area contributed by atoms with Gasteiger partial charge in [-0.1, -0.05) is 24.3 Å². The lowest BCUT2D eigenvalue weighted by Gasteiger charge is -2.15. The monoisotopic (exact) mass is 338 g/mol. The first-order valence-electron chi connectivity index (χ1n) is 7.67. The van der Waals surface area contributed by atoms with Gasteiger partial charge in [0.1, 0.15) is 0 Å². The van der Waals surface area contributed by atoms with Gasteiger partial charge in [-0.15, -0.1) is 13.2 Å². The summed E-state index contributed by atoms with van der Waals surface area (Å²) in [5, 5.41) is 9.22. The lowest BCUT2D eigenvalue weighted by molar-refractivity contribution is -0.275. The fraction of sp³-hybridized carbons (Fsp3) is 0.333. The molecule has 1 aliphatic rings. The van der Waals surface area contributed by atoms with Crippen molar-refractivity contribution in [3.05, 3.63) is 48.0 Å². The molecule has 24 heavy (non-hydrogen) atoms. The molecule has 0 amide bonds. The van der Waals surface area contributed by atoms with Crippen molar-refractivity contribution in [1.29, 1.82) is 0 Å². The first-order valence-corrected chi connectivity index (χ1v) is 7.67. The average Bonchev–Trinajstić information content (AvgIpc) is 3.37. The van der Waals surface area contributed by atoms with Crippen molar-refractivity contribution >= 4 is 0 Å². The molecule has 3 rings (SSSR count). The summed E-state index contributed by atoms with van der Waals surface area (Å²) in [6, 6.07) is 11.5. The Morgan fingerprint density at radius 3 is 2.42 bits per heavy atom. The predicted molar refractivity (Wildman–Crippen MR) is 82.7 cm³/mol. The van der Waals surface area contributed by atoms with Crippen LogP contribution in [0.3, 0.4) is 0 Å². The van der Waals surface area contributed by atoms with Gasteiger partial charge in [0.05, 0.1) is 13.2 Å². The van der Waals surface area contributed by atoms with Crippen LogP contribution in [0, 0.1) is 5.92 Å². The molecule has 0 saturated heterocycles. The van der Waals surface area contributed by atoms with Crippen LogP contribution in [-0.4, -0.2) is 18.1 Å². The largest absolute Gasteiger partial charge is 0.573 e. The number of aliphatic hydroxyl groups is 1. The van der Waals surface area contributed by atoms with Crippen molar-refractivity contribution in [2.75, 3.05) is 6.61 Å². The van der Waals surface area contributed by atoms with Gasteiger partial charge in [0.25, 0.3) is 0 Å².